The van der Waals surface area contributed by atoms with Crippen molar-refractivity contribution in [2.75, 3.05) is 12.4 Å². The van der Waals surface area contributed by atoms with Crippen molar-refractivity contribution in [3.8, 4) is 5.75 Å². The average molecular weight is 266 g/mol. The molecule has 0 fully saturated rings. The summed E-state index contributed by atoms with van der Waals surface area (Å²) in [4.78, 5) is 0. The number of halogens is 2. The zero-order valence-corrected chi connectivity index (χ0v) is 10.7. The van der Waals surface area contributed by atoms with Crippen molar-refractivity contribution in [1.29, 1.82) is 0 Å². The molecule has 0 heterocycles. The second-order valence-electron chi connectivity index (χ2n) is 3.81. The lowest BCUT2D eigenvalue weighted by atomic mass is 10.2. The summed E-state index contributed by atoms with van der Waals surface area (Å²) >= 11 is 5.70. The van der Waals surface area contributed by atoms with Crippen LogP contribution < -0.4 is 10.1 Å². The molecule has 2 aromatic carbocycles. The Morgan fingerprint density at radius 2 is 1.89 bits per heavy atom. The Hall–Kier alpha value is -1.74. The van der Waals surface area contributed by atoms with Gasteiger partial charge in [0.05, 0.1) is 5.02 Å². The Labute approximate surface area is 110 Å². The molecule has 0 unspecified atom stereocenters. The van der Waals surface area contributed by atoms with Gasteiger partial charge >= 0.3 is 0 Å². The van der Waals surface area contributed by atoms with E-state index in [2.05, 4.69) is 5.32 Å². The molecule has 18 heavy (non-hydrogen) atoms. The summed E-state index contributed by atoms with van der Waals surface area (Å²) in [5, 5.41) is 3.14. The third kappa shape index (κ3) is 3.14. The fourth-order valence-corrected chi connectivity index (χ4v) is 1.72. The van der Waals surface area contributed by atoms with Gasteiger partial charge < -0.3 is 10.1 Å². The van der Waals surface area contributed by atoms with E-state index in [0.717, 1.165) is 17.0 Å². The van der Waals surface area contributed by atoms with E-state index in [9.17, 15) is 4.39 Å². The summed E-state index contributed by atoms with van der Waals surface area (Å²) in [6, 6.07) is 12.2. The third-order valence-corrected chi connectivity index (χ3v) is 2.82. The molecule has 2 aromatic rings. The normalized spacial score (nSPS) is 10.2. The van der Waals surface area contributed by atoms with Crippen LogP contribution in [0.3, 0.4) is 0 Å². The van der Waals surface area contributed by atoms with E-state index >= 15 is 0 Å². The van der Waals surface area contributed by atoms with Crippen molar-refractivity contribution in [2.24, 2.45) is 0 Å². The molecule has 0 aliphatic carbocycles. The van der Waals surface area contributed by atoms with Crippen molar-refractivity contribution in [2.45, 2.75) is 6.61 Å². The molecule has 4 heteroatoms. The molecule has 0 saturated heterocycles. The maximum atomic E-state index is 13.0. The Balaban J connectivity index is 1.99. The Morgan fingerprint density at radius 1 is 1.17 bits per heavy atom. The molecular weight excluding hydrogens is 253 g/mol. The molecule has 0 atom stereocenters. The number of anilines is 1. The molecule has 0 aliphatic heterocycles. The van der Waals surface area contributed by atoms with Crippen LogP contribution in [0.2, 0.25) is 5.02 Å². The highest BCUT2D eigenvalue weighted by atomic mass is 35.5. The van der Waals surface area contributed by atoms with E-state index in [1.165, 1.54) is 6.07 Å². The van der Waals surface area contributed by atoms with Crippen LogP contribution in [0.1, 0.15) is 5.56 Å². The van der Waals surface area contributed by atoms with Gasteiger partial charge in [0.25, 0.3) is 0 Å². The second kappa shape index (κ2) is 5.74. The van der Waals surface area contributed by atoms with Gasteiger partial charge in [-0.15, -0.1) is 0 Å². The van der Waals surface area contributed by atoms with Gasteiger partial charge in [0.1, 0.15) is 18.2 Å². The van der Waals surface area contributed by atoms with Crippen LogP contribution in [0.5, 0.6) is 5.75 Å². The Bertz CT molecular complexity index is 528. The highest BCUT2D eigenvalue weighted by molar-refractivity contribution is 6.30. The van der Waals surface area contributed by atoms with Crippen LogP contribution in [0, 0.1) is 5.82 Å². The van der Waals surface area contributed by atoms with Crippen molar-refractivity contribution < 1.29 is 9.13 Å². The van der Waals surface area contributed by atoms with Gasteiger partial charge in [-0.2, -0.15) is 0 Å². The number of benzene rings is 2. The summed E-state index contributed by atoms with van der Waals surface area (Å²) in [6.45, 7) is 0.360. The van der Waals surface area contributed by atoms with Crippen LogP contribution in [0.15, 0.2) is 42.5 Å². The Morgan fingerprint density at radius 3 is 2.50 bits per heavy atom. The van der Waals surface area contributed by atoms with Crippen LogP contribution in [0.4, 0.5) is 10.1 Å². The summed E-state index contributed by atoms with van der Waals surface area (Å²) < 4.78 is 18.5. The van der Waals surface area contributed by atoms with Crippen LogP contribution in [0.25, 0.3) is 0 Å². The summed E-state index contributed by atoms with van der Waals surface area (Å²) in [5.74, 6) is 0.341. The lowest BCUT2D eigenvalue weighted by Gasteiger charge is -2.07. The van der Waals surface area contributed by atoms with Gasteiger partial charge in [0, 0.05) is 12.7 Å². The summed E-state index contributed by atoms with van der Waals surface area (Å²) in [6.07, 6.45) is 0. The molecule has 0 bridgehead atoms. The minimum Gasteiger partial charge on any atom is -0.489 e. The smallest absolute Gasteiger partial charge is 0.141 e. The first-order chi connectivity index (χ1) is 8.69. The van der Waals surface area contributed by atoms with Crippen molar-refractivity contribution in [3.63, 3.8) is 0 Å². The first kappa shape index (κ1) is 12.7. The molecular formula is C14H13ClFNO. The van der Waals surface area contributed by atoms with E-state index in [0.29, 0.717) is 6.61 Å². The predicted octanol–water partition coefficient (Wildman–Crippen LogP) is 4.10. The van der Waals surface area contributed by atoms with Gasteiger partial charge in [-0.3, -0.25) is 0 Å². The summed E-state index contributed by atoms with van der Waals surface area (Å²) in [7, 11) is 1.86. The molecule has 1 N–H and O–H groups in total. The maximum absolute atomic E-state index is 13.0. The zero-order chi connectivity index (χ0) is 13.0. The summed E-state index contributed by atoms with van der Waals surface area (Å²) in [5.41, 5.74) is 1.85. The predicted molar refractivity (Wildman–Crippen MR) is 71.7 cm³/mol. The van der Waals surface area contributed by atoms with Crippen molar-refractivity contribution in [3.05, 3.63) is 58.9 Å². The molecule has 94 valence electrons. The van der Waals surface area contributed by atoms with Crippen LogP contribution in [-0.4, -0.2) is 7.05 Å². The largest absolute Gasteiger partial charge is 0.489 e. The number of rotatable bonds is 4. The monoisotopic (exact) mass is 265 g/mol. The van der Waals surface area contributed by atoms with Gasteiger partial charge in [0.2, 0.25) is 0 Å². The van der Waals surface area contributed by atoms with Gasteiger partial charge in [-0.25, -0.2) is 4.39 Å². The number of nitrogens with one attached hydrogen (secondary N) is 1. The van der Waals surface area contributed by atoms with E-state index in [1.807, 2.05) is 31.3 Å². The first-order valence-corrected chi connectivity index (χ1v) is 5.91. The number of hydrogen-bond acceptors (Lipinski definition) is 2. The van der Waals surface area contributed by atoms with E-state index in [1.54, 1.807) is 12.1 Å². The highest BCUT2D eigenvalue weighted by Crippen LogP contribution is 2.19. The molecule has 0 saturated carbocycles. The molecule has 0 amide bonds. The molecule has 2 rings (SSSR count). The van der Waals surface area contributed by atoms with Gasteiger partial charge in [-0.05, 0) is 42.0 Å². The average Bonchev–Trinajstić information content (AvgIpc) is 2.41. The third-order valence-electron chi connectivity index (χ3n) is 2.53. The highest BCUT2D eigenvalue weighted by Gasteiger charge is 2.01. The van der Waals surface area contributed by atoms with Crippen LogP contribution >= 0.6 is 11.6 Å². The lowest BCUT2D eigenvalue weighted by Crippen LogP contribution is -1.96. The molecule has 0 spiro atoms. The van der Waals surface area contributed by atoms with Crippen LogP contribution in [-0.2, 0) is 6.61 Å². The maximum Gasteiger partial charge on any atom is 0.141 e. The zero-order valence-electron chi connectivity index (χ0n) is 9.91. The van der Waals surface area contributed by atoms with Crippen molar-refractivity contribution >= 4 is 17.3 Å². The number of ether oxygens (including phenoxy) is 1. The van der Waals surface area contributed by atoms with E-state index in [-0.39, 0.29) is 5.02 Å². The quantitative estimate of drug-likeness (QED) is 0.899. The molecule has 2 nitrogen and oxygen atoms in total. The number of hydrogen-bond donors (Lipinski definition) is 1. The van der Waals surface area contributed by atoms with Gasteiger partial charge in [-0.1, -0.05) is 17.7 Å². The lowest BCUT2D eigenvalue weighted by molar-refractivity contribution is 0.306. The minimum absolute atomic E-state index is 0.113. The standard InChI is InChI=1S/C14H13ClFNO/c1-17-11-3-5-12(6-4-11)18-9-10-2-7-14(16)13(15)8-10/h2-8,17H,9H2,1H3. The minimum atomic E-state index is -0.418. The molecule has 0 aromatic heterocycles. The van der Waals surface area contributed by atoms with E-state index in [4.69, 9.17) is 16.3 Å². The first-order valence-electron chi connectivity index (χ1n) is 5.53. The Kier molecular flexibility index (Phi) is 4.05. The van der Waals surface area contributed by atoms with E-state index < -0.39 is 5.82 Å². The topological polar surface area (TPSA) is 21.3 Å². The second-order valence-corrected chi connectivity index (χ2v) is 4.22. The fraction of sp³-hybridized carbons (Fsp3) is 0.143. The SMILES string of the molecule is CNc1ccc(OCc2ccc(F)c(Cl)c2)cc1. The fourth-order valence-electron chi connectivity index (χ4n) is 1.51. The van der Waals surface area contributed by atoms with Crippen molar-refractivity contribution in [1.82, 2.24) is 0 Å². The van der Waals surface area contributed by atoms with Gasteiger partial charge in [0.15, 0.2) is 0 Å². The molecule has 0 aliphatic rings. The molecule has 0 radical (unpaired) electrons.